The van der Waals surface area contributed by atoms with E-state index in [2.05, 4.69) is 10.1 Å². The van der Waals surface area contributed by atoms with E-state index in [1.807, 2.05) is 0 Å². The Morgan fingerprint density at radius 1 is 1.55 bits per heavy atom. The molecule has 0 saturated heterocycles. The van der Waals surface area contributed by atoms with Gasteiger partial charge in [0, 0.05) is 6.07 Å². The van der Waals surface area contributed by atoms with E-state index in [1.165, 1.54) is 11.0 Å². The standard InChI is InChI=1S/C6H6N4O/c7-6-8-4-9-10(6)5-2-1-3-11-5/h1-4H,(H2,7,8,9). The van der Waals surface area contributed by atoms with Crippen molar-refractivity contribution in [2.45, 2.75) is 0 Å². The molecular formula is C6H6N4O. The summed E-state index contributed by atoms with van der Waals surface area (Å²) < 4.78 is 6.46. The number of hydrogen-bond acceptors (Lipinski definition) is 4. The fourth-order valence-corrected chi connectivity index (χ4v) is 0.811. The van der Waals surface area contributed by atoms with E-state index in [1.54, 1.807) is 18.4 Å². The van der Waals surface area contributed by atoms with Crippen molar-refractivity contribution in [3.63, 3.8) is 0 Å². The first kappa shape index (κ1) is 5.96. The molecule has 0 aromatic carbocycles. The Morgan fingerprint density at radius 2 is 2.45 bits per heavy atom. The van der Waals surface area contributed by atoms with Gasteiger partial charge in [-0.3, -0.25) is 0 Å². The molecule has 2 N–H and O–H groups in total. The van der Waals surface area contributed by atoms with Gasteiger partial charge >= 0.3 is 0 Å². The molecule has 0 atom stereocenters. The molecule has 0 aliphatic carbocycles. The maximum atomic E-state index is 5.46. The molecular weight excluding hydrogens is 144 g/mol. The molecule has 2 aromatic rings. The van der Waals surface area contributed by atoms with Gasteiger partial charge in [0.1, 0.15) is 6.33 Å². The molecule has 2 heterocycles. The minimum Gasteiger partial charge on any atom is -0.447 e. The summed E-state index contributed by atoms with van der Waals surface area (Å²) >= 11 is 0. The average Bonchev–Trinajstić information content (AvgIpc) is 2.55. The normalized spacial score (nSPS) is 10.2. The Bertz CT molecular complexity index is 337. The molecule has 0 aliphatic heterocycles. The summed E-state index contributed by atoms with van der Waals surface area (Å²) in [6.45, 7) is 0. The summed E-state index contributed by atoms with van der Waals surface area (Å²) in [7, 11) is 0. The first-order valence-corrected chi connectivity index (χ1v) is 3.07. The molecule has 11 heavy (non-hydrogen) atoms. The van der Waals surface area contributed by atoms with Crippen LogP contribution in [0.3, 0.4) is 0 Å². The van der Waals surface area contributed by atoms with Crippen LogP contribution in [0.15, 0.2) is 29.1 Å². The van der Waals surface area contributed by atoms with Crippen LogP contribution in [0.1, 0.15) is 0 Å². The number of aromatic nitrogens is 3. The maximum absolute atomic E-state index is 5.46. The second kappa shape index (κ2) is 2.12. The molecule has 0 spiro atoms. The molecule has 5 nitrogen and oxygen atoms in total. The van der Waals surface area contributed by atoms with E-state index in [9.17, 15) is 0 Å². The second-order valence-electron chi connectivity index (χ2n) is 1.98. The SMILES string of the molecule is Nc1ncnn1-c1ccco1. The number of nitrogens with two attached hydrogens (primary N) is 1. The summed E-state index contributed by atoms with van der Waals surface area (Å²) in [5.41, 5.74) is 5.46. The molecule has 56 valence electrons. The second-order valence-corrected chi connectivity index (χ2v) is 1.98. The van der Waals surface area contributed by atoms with Crippen molar-refractivity contribution < 1.29 is 4.42 Å². The van der Waals surface area contributed by atoms with Crippen molar-refractivity contribution in [3.8, 4) is 5.88 Å². The number of furan rings is 1. The lowest BCUT2D eigenvalue weighted by Gasteiger charge is -1.94. The lowest BCUT2D eigenvalue weighted by Crippen LogP contribution is -2.00. The third kappa shape index (κ3) is 0.861. The quantitative estimate of drug-likeness (QED) is 0.640. The third-order valence-corrected chi connectivity index (χ3v) is 1.29. The van der Waals surface area contributed by atoms with E-state index in [-0.39, 0.29) is 0 Å². The smallest absolute Gasteiger partial charge is 0.226 e. The number of nitrogens with zero attached hydrogens (tertiary/aromatic N) is 3. The van der Waals surface area contributed by atoms with Gasteiger partial charge < -0.3 is 10.2 Å². The zero-order chi connectivity index (χ0) is 7.68. The predicted molar refractivity (Wildman–Crippen MR) is 38.0 cm³/mol. The summed E-state index contributed by atoms with van der Waals surface area (Å²) in [5, 5.41) is 3.85. The lowest BCUT2D eigenvalue weighted by molar-refractivity contribution is 0.524. The summed E-state index contributed by atoms with van der Waals surface area (Å²) in [5.74, 6) is 0.889. The largest absolute Gasteiger partial charge is 0.447 e. The Labute approximate surface area is 62.4 Å². The van der Waals surface area contributed by atoms with Gasteiger partial charge in [0.2, 0.25) is 11.8 Å². The fraction of sp³-hybridized carbons (Fsp3) is 0. The van der Waals surface area contributed by atoms with Crippen LogP contribution in [0, 0.1) is 0 Å². The highest BCUT2D eigenvalue weighted by Crippen LogP contribution is 2.08. The zero-order valence-electron chi connectivity index (χ0n) is 5.64. The van der Waals surface area contributed by atoms with Crippen LogP contribution in [0.4, 0.5) is 5.95 Å². The topological polar surface area (TPSA) is 69.9 Å². The summed E-state index contributed by atoms with van der Waals surface area (Å²) in [6, 6.07) is 3.52. The third-order valence-electron chi connectivity index (χ3n) is 1.29. The van der Waals surface area contributed by atoms with Gasteiger partial charge in [-0.2, -0.15) is 14.8 Å². The monoisotopic (exact) mass is 150 g/mol. The van der Waals surface area contributed by atoms with E-state index >= 15 is 0 Å². The van der Waals surface area contributed by atoms with Gasteiger partial charge in [-0.15, -0.1) is 0 Å². The van der Waals surface area contributed by atoms with E-state index < -0.39 is 0 Å². The summed E-state index contributed by atoms with van der Waals surface area (Å²) in [4.78, 5) is 3.74. The number of rotatable bonds is 1. The van der Waals surface area contributed by atoms with Crippen LogP contribution >= 0.6 is 0 Å². The number of nitrogen functional groups attached to an aromatic ring is 1. The van der Waals surface area contributed by atoms with Crippen LogP contribution in [0.5, 0.6) is 0 Å². The summed E-state index contributed by atoms with van der Waals surface area (Å²) in [6.07, 6.45) is 2.92. The van der Waals surface area contributed by atoms with Crippen molar-refractivity contribution >= 4 is 5.95 Å². The molecule has 0 radical (unpaired) electrons. The Balaban J connectivity index is 2.53. The van der Waals surface area contributed by atoms with Gasteiger partial charge in [0.05, 0.1) is 6.26 Å². The van der Waals surface area contributed by atoms with Gasteiger partial charge in [-0.25, -0.2) is 0 Å². The highest BCUT2D eigenvalue weighted by atomic mass is 16.3. The average molecular weight is 150 g/mol. The molecule has 0 amide bonds. The highest BCUT2D eigenvalue weighted by Gasteiger charge is 2.02. The molecule has 0 bridgehead atoms. The van der Waals surface area contributed by atoms with Crippen LogP contribution < -0.4 is 5.73 Å². The lowest BCUT2D eigenvalue weighted by atomic mass is 10.6. The number of anilines is 1. The number of hydrogen-bond donors (Lipinski definition) is 1. The van der Waals surface area contributed by atoms with Gasteiger partial charge in [-0.05, 0) is 6.07 Å². The minimum absolute atomic E-state index is 0.319. The Kier molecular flexibility index (Phi) is 1.15. The minimum atomic E-state index is 0.319. The molecule has 2 rings (SSSR count). The van der Waals surface area contributed by atoms with Gasteiger partial charge in [-0.1, -0.05) is 0 Å². The van der Waals surface area contributed by atoms with Crippen LogP contribution in [-0.4, -0.2) is 14.8 Å². The fourth-order valence-electron chi connectivity index (χ4n) is 0.811. The van der Waals surface area contributed by atoms with Crippen molar-refractivity contribution in [2.24, 2.45) is 0 Å². The van der Waals surface area contributed by atoms with E-state index in [0.717, 1.165) is 0 Å². The van der Waals surface area contributed by atoms with E-state index in [4.69, 9.17) is 10.2 Å². The first-order chi connectivity index (χ1) is 5.38. The first-order valence-electron chi connectivity index (χ1n) is 3.07. The molecule has 0 saturated carbocycles. The van der Waals surface area contributed by atoms with Gasteiger partial charge in [0.25, 0.3) is 0 Å². The van der Waals surface area contributed by atoms with Crippen molar-refractivity contribution in [2.75, 3.05) is 5.73 Å². The molecule has 2 aromatic heterocycles. The Hall–Kier alpha value is -1.78. The van der Waals surface area contributed by atoms with Crippen LogP contribution in [0.2, 0.25) is 0 Å². The molecule has 0 fully saturated rings. The highest BCUT2D eigenvalue weighted by molar-refractivity contribution is 5.27. The maximum Gasteiger partial charge on any atom is 0.226 e. The zero-order valence-corrected chi connectivity index (χ0v) is 5.64. The Morgan fingerprint density at radius 3 is 3.00 bits per heavy atom. The molecule has 0 unspecified atom stereocenters. The predicted octanol–water partition coefficient (Wildman–Crippen LogP) is 0.442. The van der Waals surface area contributed by atoms with Crippen LogP contribution in [0.25, 0.3) is 5.88 Å². The van der Waals surface area contributed by atoms with Crippen LogP contribution in [-0.2, 0) is 0 Å². The molecule has 0 aliphatic rings. The van der Waals surface area contributed by atoms with Crippen molar-refractivity contribution in [3.05, 3.63) is 24.7 Å². The molecule has 5 heteroatoms. The van der Waals surface area contributed by atoms with Crippen molar-refractivity contribution in [1.82, 2.24) is 14.8 Å². The van der Waals surface area contributed by atoms with Gasteiger partial charge in [0.15, 0.2) is 0 Å². The van der Waals surface area contributed by atoms with E-state index in [0.29, 0.717) is 11.8 Å². The van der Waals surface area contributed by atoms with Crippen molar-refractivity contribution in [1.29, 1.82) is 0 Å².